The maximum Gasteiger partial charge on any atom is 0.248 e. The molecule has 28 heavy (non-hydrogen) atoms. The van der Waals surface area contributed by atoms with Crippen molar-refractivity contribution in [3.63, 3.8) is 0 Å². The molecule has 1 amide bonds. The van der Waals surface area contributed by atoms with Crippen molar-refractivity contribution in [1.82, 2.24) is 0 Å². The minimum Gasteiger partial charge on any atom is -0.477 e. The van der Waals surface area contributed by atoms with E-state index in [-0.39, 0.29) is 6.61 Å². The molecule has 0 aromatic heterocycles. The molecule has 6 N–H and O–H groups in total. The highest BCUT2D eigenvalue weighted by atomic mass is 32.2. The zero-order valence-corrected chi connectivity index (χ0v) is 15.8. The van der Waals surface area contributed by atoms with E-state index >= 15 is 0 Å². The quantitative estimate of drug-likeness (QED) is 0.466. The van der Waals surface area contributed by atoms with Gasteiger partial charge in [-0.1, -0.05) is 30.3 Å². The van der Waals surface area contributed by atoms with Crippen LogP contribution in [-0.2, 0) is 6.42 Å². The summed E-state index contributed by atoms with van der Waals surface area (Å²) in [5.74, 6) is 0.0380. The minimum atomic E-state index is -1.41. The first-order chi connectivity index (χ1) is 13.4. The number of nitrogens with two attached hydrogens (primary N) is 1. The average Bonchev–Trinajstić information content (AvgIpc) is 2.70. The predicted molar refractivity (Wildman–Crippen MR) is 105 cm³/mol. The third-order valence-corrected chi connectivity index (χ3v) is 6.12. The van der Waals surface area contributed by atoms with Gasteiger partial charge in [0.15, 0.2) is 5.44 Å². The van der Waals surface area contributed by atoms with Crippen molar-refractivity contribution in [3.8, 4) is 5.75 Å². The van der Waals surface area contributed by atoms with Crippen LogP contribution in [0.25, 0.3) is 0 Å². The maximum atomic E-state index is 11.2. The number of hydrogen-bond donors (Lipinski definition) is 5. The van der Waals surface area contributed by atoms with Gasteiger partial charge in [-0.3, -0.25) is 4.79 Å². The number of amides is 1. The van der Waals surface area contributed by atoms with E-state index in [1.54, 1.807) is 24.3 Å². The van der Waals surface area contributed by atoms with Crippen molar-refractivity contribution in [2.24, 2.45) is 5.73 Å². The smallest absolute Gasteiger partial charge is 0.248 e. The fourth-order valence-corrected chi connectivity index (χ4v) is 4.30. The lowest BCUT2D eigenvalue weighted by atomic mass is 10.0. The third kappa shape index (κ3) is 4.48. The van der Waals surface area contributed by atoms with Gasteiger partial charge in [0, 0.05) is 12.0 Å². The number of carbonyl (C=O) groups is 1. The molecular formula is C20H23NO6S. The Labute approximate surface area is 166 Å². The average molecular weight is 405 g/mol. The van der Waals surface area contributed by atoms with Gasteiger partial charge in [-0.15, -0.1) is 11.8 Å². The molecule has 0 aliphatic carbocycles. The van der Waals surface area contributed by atoms with E-state index in [4.69, 9.17) is 10.5 Å². The van der Waals surface area contributed by atoms with Gasteiger partial charge in [-0.2, -0.15) is 0 Å². The Bertz CT molecular complexity index is 813. The van der Waals surface area contributed by atoms with Crippen LogP contribution < -0.4 is 10.5 Å². The first-order valence-corrected chi connectivity index (χ1v) is 9.79. The van der Waals surface area contributed by atoms with Crippen molar-refractivity contribution in [3.05, 3.63) is 65.2 Å². The number of ether oxygens (including phenoxy) is 1. The van der Waals surface area contributed by atoms with E-state index in [0.29, 0.717) is 17.7 Å². The van der Waals surface area contributed by atoms with Gasteiger partial charge in [-0.25, -0.2) is 0 Å². The van der Waals surface area contributed by atoms with E-state index in [1.165, 1.54) is 0 Å². The summed E-state index contributed by atoms with van der Waals surface area (Å²) >= 11 is 1.08. The van der Waals surface area contributed by atoms with Gasteiger partial charge in [0.1, 0.15) is 18.0 Å². The van der Waals surface area contributed by atoms with Gasteiger partial charge in [-0.05, 0) is 29.3 Å². The van der Waals surface area contributed by atoms with Gasteiger partial charge in [0.05, 0.1) is 18.0 Å². The highest BCUT2D eigenvalue weighted by molar-refractivity contribution is 8.00. The normalized spacial score (nSPS) is 27.4. The molecule has 0 unspecified atom stereocenters. The van der Waals surface area contributed by atoms with E-state index in [0.717, 1.165) is 22.9 Å². The van der Waals surface area contributed by atoms with E-state index < -0.39 is 34.9 Å². The number of aliphatic hydroxyl groups excluding tert-OH is 4. The van der Waals surface area contributed by atoms with Gasteiger partial charge in [0.25, 0.3) is 0 Å². The van der Waals surface area contributed by atoms with E-state index in [9.17, 15) is 25.2 Å². The SMILES string of the molecule is NC(=O)c1ccc(Cc2ccccc2O[C@H]2S[C@@H](CO)[C@@H](O)[C@H](O)[C@H]2O)cc1. The molecule has 1 aliphatic rings. The lowest BCUT2D eigenvalue weighted by Crippen LogP contribution is -2.55. The largest absolute Gasteiger partial charge is 0.477 e. The highest BCUT2D eigenvalue weighted by Gasteiger charge is 2.44. The van der Waals surface area contributed by atoms with E-state index in [2.05, 4.69) is 0 Å². The summed E-state index contributed by atoms with van der Waals surface area (Å²) in [5.41, 5.74) is 6.65. The summed E-state index contributed by atoms with van der Waals surface area (Å²) in [6.45, 7) is -0.344. The number of thioether (sulfide) groups is 1. The second kappa shape index (κ2) is 8.93. The van der Waals surface area contributed by atoms with Crippen LogP contribution in [0.3, 0.4) is 0 Å². The summed E-state index contributed by atoms with van der Waals surface area (Å²) < 4.78 is 5.94. The van der Waals surface area contributed by atoms with Gasteiger partial charge in [0.2, 0.25) is 5.91 Å². The molecule has 1 aliphatic heterocycles. The first-order valence-electron chi connectivity index (χ1n) is 8.84. The fourth-order valence-electron chi connectivity index (χ4n) is 3.06. The zero-order valence-electron chi connectivity index (χ0n) is 15.0. The molecule has 0 radical (unpaired) electrons. The third-order valence-electron chi connectivity index (χ3n) is 4.70. The molecule has 1 fully saturated rings. The maximum absolute atomic E-state index is 11.2. The van der Waals surface area contributed by atoms with E-state index in [1.807, 2.05) is 24.3 Å². The fraction of sp³-hybridized carbons (Fsp3) is 0.350. The molecule has 5 atom stereocenters. The van der Waals surface area contributed by atoms with Crippen molar-refractivity contribution in [1.29, 1.82) is 0 Å². The molecule has 3 rings (SSSR count). The highest BCUT2D eigenvalue weighted by Crippen LogP contribution is 2.35. The first kappa shape index (κ1) is 20.6. The standard InChI is InChI=1S/C20H23NO6S/c21-19(26)12-7-5-11(6-8-12)9-13-3-1-2-4-14(13)27-20-18(25)17(24)16(23)15(10-22)28-20/h1-8,15-18,20,22-25H,9-10H2,(H2,21,26)/t15-,16+,17-,18+,20-/m0/s1. The molecule has 2 aromatic carbocycles. The summed E-state index contributed by atoms with van der Waals surface area (Å²) in [6, 6.07) is 14.2. The molecule has 8 heteroatoms. The monoisotopic (exact) mass is 405 g/mol. The molecule has 150 valence electrons. The van der Waals surface area contributed by atoms with Crippen LogP contribution in [0.5, 0.6) is 5.75 Å². The van der Waals surface area contributed by atoms with Crippen LogP contribution in [-0.4, -0.2) is 61.9 Å². The number of rotatable bonds is 6. The number of benzene rings is 2. The number of primary amides is 1. The summed E-state index contributed by atoms with van der Waals surface area (Å²) in [7, 11) is 0. The Morgan fingerprint density at radius 1 is 1.00 bits per heavy atom. The minimum absolute atomic E-state index is 0.344. The van der Waals surface area contributed by atoms with Crippen LogP contribution >= 0.6 is 11.8 Å². The van der Waals surface area contributed by atoms with Gasteiger partial charge >= 0.3 is 0 Å². The molecule has 1 heterocycles. The van der Waals surface area contributed by atoms with Crippen LogP contribution in [0, 0.1) is 0 Å². The Kier molecular flexibility index (Phi) is 6.58. The molecule has 0 bridgehead atoms. The summed E-state index contributed by atoms with van der Waals surface area (Å²) in [5, 5.41) is 39.0. The topological polar surface area (TPSA) is 133 Å². The van der Waals surface area contributed by atoms with Crippen LogP contribution in [0.4, 0.5) is 0 Å². The van der Waals surface area contributed by atoms with Crippen LogP contribution in [0.15, 0.2) is 48.5 Å². The van der Waals surface area contributed by atoms with Crippen molar-refractivity contribution in [2.45, 2.75) is 35.4 Å². The molecular weight excluding hydrogens is 382 g/mol. The Hall–Kier alpha value is -2.10. The van der Waals surface area contributed by atoms with Crippen LogP contribution in [0.2, 0.25) is 0 Å². The zero-order chi connectivity index (χ0) is 20.3. The lowest BCUT2D eigenvalue weighted by Gasteiger charge is -2.39. The number of aliphatic hydroxyl groups is 4. The molecule has 2 aromatic rings. The summed E-state index contributed by atoms with van der Waals surface area (Å²) in [4.78, 5) is 11.2. The predicted octanol–water partition coefficient (Wildman–Crippen LogP) is 0.272. The van der Waals surface area contributed by atoms with Gasteiger partial charge < -0.3 is 30.9 Å². The molecule has 1 saturated heterocycles. The number of hydrogen-bond acceptors (Lipinski definition) is 7. The molecule has 7 nitrogen and oxygen atoms in total. The van der Waals surface area contributed by atoms with Crippen LogP contribution in [0.1, 0.15) is 21.5 Å². The summed E-state index contributed by atoms with van der Waals surface area (Å²) in [6.07, 6.45) is -3.41. The molecule has 0 saturated carbocycles. The Balaban J connectivity index is 1.77. The van der Waals surface area contributed by atoms with Crippen molar-refractivity contribution < 1.29 is 30.0 Å². The number of para-hydroxylation sites is 1. The Morgan fingerprint density at radius 2 is 1.68 bits per heavy atom. The Morgan fingerprint density at radius 3 is 2.32 bits per heavy atom. The number of carbonyl (C=O) groups excluding carboxylic acids is 1. The van der Waals surface area contributed by atoms with Crippen molar-refractivity contribution in [2.75, 3.05) is 6.61 Å². The molecule has 0 spiro atoms. The second-order valence-corrected chi connectivity index (χ2v) is 8.00. The second-order valence-electron chi connectivity index (χ2n) is 6.66. The van der Waals surface area contributed by atoms with Crippen molar-refractivity contribution >= 4 is 17.7 Å². The lowest BCUT2D eigenvalue weighted by molar-refractivity contribution is -0.0910.